The van der Waals surface area contributed by atoms with Gasteiger partial charge in [0.05, 0.1) is 16.2 Å². The Bertz CT molecular complexity index is 1070. The van der Waals surface area contributed by atoms with E-state index in [4.69, 9.17) is 9.25 Å². The van der Waals surface area contributed by atoms with Gasteiger partial charge in [-0.2, -0.15) is 0 Å². The first-order valence-electron chi connectivity index (χ1n) is 7.62. The summed E-state index contributed by atoms with van der Waals surface area (Å²) in [5, 5.41) is 15.7. The minimum atomic E-state index is -0.485. The highest BCUT2D eigenvalue weighted by atomic mass is 16.6. The van der Waals surface area contributed by atoms with Crippen LogP contribution in [0.25, 0.3) is 11.0 Å². The molecule has 1 unspecified atom stereocenters. The number of nitrogens with zero attached hydrogens (tertiary/aromatic N) is 2. The van der Waals surface area contributed by atoms with Gasteiger partial charge < -0.3 is 9.25 Å². The van der Waals surface area contributed by atoms with E-state index in [1.165, 1.54) is 12.1 Å². The lowest BCUT2D eigenvalue weighted by Crippen LogP contribution is -2.13. The maximum absolute atomic E-state index is 12.2. The Morgan fingerprint density at radius 2 is 1.96 bits per heavy atom. The first kappa shape index (κ1) is 15.1. The maximum atomic E-state index is 12.2. The van der Waals surface area contributed by atoms with Gasteiger partial charge in [-0.3, -0.25) is 10.1 Å². The molecule has 0 fully saturated rings. The third-order valence-corrected chi connectivity index (χ3v) is 4.07. The quantitative estimate of drug-likeness (QED) is 0.414. The van der Waals surface area contributed by atoms with Gasteiger partial charge in [-0.1, -0.05) is 35.5 Å². The topological polar surface area (TPSA) is 94.9 Å². The normalized spacial score (nSPS) is 16.5. The zero-order valence-corrected chi connectivity index (χ0v) is 12.9. The summed E-state index contributed by atoms with van der Waals surface area (Å²) in [6, 6.07) is 15.1. The van der Waals surface area contributed by atoms with Gasteiger partial charge in [-0.05, 0) is 12.1 Å². The van der Waals surface area contributed by atoms with Crippen LogP contribution in [0.5, 0.6) is 0 Å². The van der Waals surface area contributed by atoms with Crippen LogP contribution >= 0.6 is 0 Å². The lowest BCUT2D eigenvalue weighted by Gasteiger charge is -2.07. The van der Waals surface area contributed by atoms with Gasteiger partial charge in [0.2, 0.25) is 0 Å². The molecule has 4 rings (SSSR count). The summed E-state index contributed by atoms with van der Waals surface area (Å²) in [5.41, 5.74) is 1.45. The molecule has 25 heavy (non-hydrogen) atoms. The molecule has 0 bridgehead atoms. The summed E-state index contributed by atoms with van der Waals surface area (Å²) >= 11 is 0. The summed E-state index contributed by atoms with van der Waals surface area (Å²) < 4.78 is 5.32. The minimum Gasteiger partial charge on any atom is -0.422 e. The molecule has 0 radical (unpaired) electrons. The number of hydrogen-bond donors (Lipinski definition) is 0. The monoisotopic (exact) mass is 336 g/mol. The largest absolute Gasteiger partial charge is 0.422 e. The van der Waals surface area contributed by atoms with Gasteiger partial charge >= 0.3 is 5.63 Å². The van der Waals surface area contributed by atoms with Gasteiger partial charge in [-0.25, -0.2) is 4.79 Å². The van der Waals surface area contributed by atoms with Crippen LogP contribution in [-0.2, 0) is 4.84 Å². The maximum Gasteiger partial charge on any atom is 0.345 e. The zero-order chi connectivity index (χ0) is 17.4. The first-order chi connectivity index (χ1) is 12.1. The number of rotatable bonds is 3. The standard InChI is InChI=1S/C18H12N2O5/c21-18-14(9-12-4-1-2-7-16(12)24-18)15-10-17(25-19-15)11-5-3-6-13(8-11)20(22)23/h1-9,17H,10H2. The van der Waals surface area contributed by atoms with E-state index in [1.807, 2.05) is 12.1 Å². The summed E-state index contributed by atoms with van der Waals surface area (Å²) in [6.07, 6.45) is -0.134. The number of nitro benzene ring substituents is 1. The van der Waals surface area contributed by atoms with E-state index in [1.54, 1.807) is 30.3 Å². The third-order valence-electron chi connectivity index (χ3n) is 4.07. The molecule has 0 amide bonds. The molecule has 1 aliphatic rings. The van der Waals surface area contributed by atoms with Gasteiger partial charge in [0.15, 0.2) is 6.10 Å². The molecule has 124 valence electrons. The second-order valence-corrected chi connectivity index (χ2v) is 5.67. The van der Waals surface area contributed by atoms with Crippen molar-refractivity contribution < 1.29 is 14.2 Å². The highest BCUT2D eigenvalue weighted by molar-refractivity contribution is 6.02. The van der Waals surface area contributed by atoms with Crippen molar-refractivity contribution in [1.82, 2.24) is 0 Å². The summed E-state index contributed by atoms with van der Waals surface area (Å²) in [7, 11) is 0. The van der Waals surface area contributed by atoms with Crippen LogP contribution in [0.3, 0.4) is 0 Å². The van der Waals surface area contributed by atoms with Crippen LogP contribution in [0.4, 0.5) is 5.69 Å². The van der Waals surface area contributed by atoms with E-state index < -0.39 is 16.7 Å². The molecule has 7 heteroatoms. The molecule has 2 heterocycles. The highest BCUT2D eigenvalue weighted by Gasteiger charge is 2.27. The van der Waals surface area contributed by atoms with E-state index in [0.29, 0.717) is 28.8 Å². The smallest absolute Gasteiger partial charge is 0.345 e. The van der Waals surface area contributed by atoms with Crippen molar-refractivity contribution in [2.75, 3.05) is 0 Å². The molecular weight excluding hydrogens is 324 g/mol. The number of oxime groups is 1. The summed E-state index contributed by atoms with van der Waals surface area (Å²) in [6.45, 7) is 0. The van der Waals surface area contributed by atoms with E-state index in [9.17, 15) is 14.9 Å². The molecular formula is C18H12N2O5. The van der Waals surface area contributed by atoms with Gasteiger partial charge in [0, 0.05) is 29.5 Å². The zero-order valence-electron chi connectivity index (χ0n) is 12.9. The van der Waals surface area contributed by atoms with Crippen molar-refractivity contribution in [1.29, 1.82) is 0 Å². The Hall–Kier alpha value is -3.48. The van der Waals surface area contributed by atoms with E-state index in [0.717, 1.165) is 5.39 Å². The van der Waals surface area contributed by atoms with Crippen LogP contribution in [0, 0.1) is 10.1 Å². The lowest BCUT2D eigenvalue weighted by molar-refractivity contribution is -0.385. The van der Waals surface area contributed by atoms with Gasteiger partial charge in [-0.15, -0.1) is 0 Å². The van der Waals surface area contributed by atoms with Crippen LogP contribution in [-0.4, -0.2) is 10.6 Å². The van der Waals surface area contributed by atoms with Crippen LogP contribution in [0.15, 0.2) is 69.0 Å². The van der Waals surface area contributed by atoms with Crippen molar-refractivity contribution >= 4 is 22.4 Å². The predicted molar refractivity (Wildman–Crippen MR) is 90.6 cm³/mol. The van der Waals surface area contributed by atoms with Crippen molar-refractivity contribution in [2.45, 2.75) is 12.5 Å². The predicted octanol–water partition coefficient (Wildman–Crippen LogP) is 3.57. The third kappa shape index (κ3) is 2.76. The molecule has 0 aliphatic carbocycles. The fraction of sp³-hybridized carbons (Fsp3) is 0.111. The summed E-state index contributed by atoms with van der Waals surface area (Å²) in [5.74, 6) is 0. The van der Waals surface area contributed by atoms with Crippen LogP contribution < -0.4 is 5.63 Å². The molecule has 3 aromatic rings. The Labute approximate surface area is 141 Å². The van der Waals surface area contributed by atoms with Crippen molar-refractivity contribution in [2.24, 2.45) is 5.16 Å². The second kappa shape index (κ2) is 5.86. The van der Waals surface area contributed by atoms with Gasteiger partial charge in [0.1, 0.15) is 5.58 Å². The number of para-hydroxylation sites is 1. The summed E-state index contributed by atoms with van der Waals surface area (Å²) in [4.78, 5) is 28.1. The van der Waals surface area contributed by atoms with E-state index >= 15 is 0 Å². The Morgan fingerprint density at radius 1 is 1.12 bits per heavy atom. The Morgan fingerprint density at radius 3 is 2.80 bits per heavy atom. The molecule has 0 spiro atoms. The number of nitro groups is 1. The van der Waals surface area contributed by atoms with Crippen LogP contribution in [0.1, 0.15) is 23.7 Å². The fourth-order valence-corrected chi connectivity index (χ4v) is 2.82. The van der Waals surface area contributed by atoms with Gasteiger partial charge in [0.25, 0.3) is 5.69 Å². The Balaban J connectivity index is 1.64. The molecule has 1 atom stereocenters. The molecule has 1 aliphatic heterocycles. The molecule has 2 aromatic carbocycles. The van der Waals surface area contributed by atoms with Crippen molar-refractivity contribution in [3.63, 3.8) is 0 Å². The molecule has 7 nitrogen and oxygen atoms in total. The van der Waals surface area contributed by atoms with Crippen LogP contribution in [0.2, 0.25) is 0 Å². The first-order valence-corrected chi connectivity index (χ1v) is 7.62. The number of non-ortho nitro benzene ring substituents is 1. The number of hydrogen-bond acceptors (Lipinski definition) is 6. The molecule has 0 N–H and O–H groups in total. The SMILES string of the molecule is O=c1oc2ccccc2cc1C1=NOC(c2cccc([N+](=O)[O-])c2)C1. The second-order valence-electron chi connectivity index (χ2n) is 5.67. The molecule has 1 aromatic heterocycles. The van der Waals surface area contributed by atoms with Crippen molar-refractivity contribution in [3.05, 3.63) is 86.3 Å². The van der Waals surface area contributed by atoms with E-state index in [-0.39, 0.29) is 5.69 Å². The number of benzene rings is 2. The Kier molecular flexibility index (Phi) is 3.53. The average molecular weight is 336 g/mol. The minimum absolute atomic E-state index is 0.0141. The molecule has 0 saturated heterocycles. The highest BCUT2D eigenvalue weighted by Crippen LogP contribution is 2.31. The van der Waals surface area contributed by atoms with E-state index in [2.05, 4.69) is 5.16 Å². The molecule has 0 saturated carbocycles. The van der Waals surface area contributed by atoms with Crippen molar-refractivity contribution in [3.8, 4) is 0 Å². The fourth-order valence-electron chi connectivity index (χ4n) is 2.82. The lowest BCUT2D eigenvalue weighted by atomic mass is 10.0. The average Bonchev–Trinajstić information content (AvgIpc) is 3.11. The number of fused-ring (bicyclic) bond motifs is 1.